The first-order chi connectivity index (χ1) is 29.9. The van der Waals surface area contributed by atoms with E-state index in [0.717, 1.165) is 90.4 Å². The molecule has 0 spiro atoms. The molecule has 2 atom stereocenters. The maximum absolute atomic E-state index is 12.9. The van der Waals surface area contributed by atoms with E-state index in [4.69, 9.17) is 9.47 Å². The highest BCUT2D eigenvalue weighted by atomic mass is 16.5. The minimum Gasteiger partial charge on any atom is -0.465 e. The Balaban J connectivity index is 4.11. The molecular formula is C54H109N3O4. The van der Waals surface area contributed by atoms with Crippen LogP contribution in [0.15, 0.2) is 0 Å². The average molecular weight is 864 g/mol. The third-order valence-electron chi connectivity index (χ3n) is 12.8. The Kier molecular flexibility index (Phi) is 47.3. The van der Waals surface area contributed by atoms with Crippen molar-refractivity contribution in [1.82, 2.24) is 15.3 Å². The van der Waals surface area contributed by atoms with Gasteiger partial charge in [-0.15, -0.1) is 0 Å². The lowest BCUT2D eigenvalue weighted by molar-refractivity contribution is -0.150. The number of carbonyl (C=O) groups is 2. The van der Waals surface area contributed by atoms with E-state index >= 15 is 0 Å². The van der Waals surface area contributed by atoms with E-state index in [1.54, 1.807) is 0 Å². The van der Waals surface area contributed by atoms with E-state index in [-0.39, 0.29) is 23.8 Å². The van der Waals surface area contributed by atoms with Gasteiger partial charge in [0.25, 0.3) is 0 Å². The summed E-state index contributed by atoms with van der Waals surface area (Å²) in [5.74, 6) is 0.387. The molecule has 0 aliphatic rings. The van der Waals surface area contributed by atoms with Gasteiger partial charge in [0, 0.05) is 26.2 Å². The summed E-state index contributed by atoms with van der Waals surface area (Å²) in [6.45, 7) is 14.5. The van der Waals surface area contributed by atoms with Crippen LogP contribution in [0.5, 0.6) is 0 Å². The van der Waals surface area contributed by atoms with E-state index in [1.165, 1.54) is 180 Å². The monoisotopic (exact) mass is 864 g/mol. The van der Waals surface area contributed by atoms with Crippen LogP contribution in [0, 0.1) is 11.8 Å². The van der Waals surface area contributed by atoms with Crippen molar-refractivity contribution < 1.29 is 19.1 Å². The highest BCUT2D eigenvalue weighted by Gasteiger charge is 2.20. The van der Waals surface area contributed by atoms with Crippen LogP contribution in [0.2, 0.25) is 0 Å². The van der Waals surface area contributed by atoms with Gasteiger partial charge >= 0.3 is 11.9 Å². The number of likely N-dealkylation sites (N-methyl/N-ethyl adjacent to an activating group) is 1. The van der Waals surface area contributed by atoms with Crippen LogP contribution in [-0.4, -0.2) is 75.3 Å². The first kappa shape index (κ1) is 59.8. The van der Waals surface area contributed by atoms with Gasteiger partial charge in [0.2, 0.25) is 0 Å². The minimum atomic E-state index is 0.0786. The number of nitrogens with zero attached hydrogens (tertiary/aromatic N) is 2. The van der Waals surface area contributed by atoms with Crippen molar-refractivity contribution in [2.75, 3.05) is 53.5 Å². The highest BCUT2D eigenvalue weighted by molar-refractivity contribution is 5.72. The lowest BCUT2D eigenvalue weighted by Crippen LogP contribution is -2.43. The van der Waals surface area contributed by atoms with Gasteiger partial charge in [0.05, 0.1) is 25.0 Å². The van der Waals surface area contributed by atoms with Crippen LogP contribution < -0.4 is 5.43 Å². The summed E-state index contributed by atoms with van der Waals surface area (Å²) in [4.78, 5) is 28.1. The molecule has 0 heterocycles. The Morgan fingerprint density at radius 3 is 1.07 bits per heavy atom. The summed E-state index contributed by atoms with van der Waals surface area (Å²) >= 11 is 0. The molecule has 1 N–H and O–H groups in total. The number of esters is 2. The molecule has 0 aromatic carbocycles. The normalized spacial score (nSPS) is 12.7. The molecular weight excluding hydrogens is 755 g/mol. The highest BCUT2D eigenvalue weighted by Crippen LogP contribution is 2.22. The number of hydrogen-bond donors (Lipinski definition) is 1. The van der Waals surface area contributed by atoms with Crippen LogP contribution >= 0.6 is 0 Å². The van der Waals surface area contributed by atoms with Gasteiger partial charge in [-0.2, -0.15) is 0 Å². The fourth-order valence-electron chi connectivity index (χ4n) is 8.55. The number of ether oxygens (including phenoxy) is 2. The molecule has 61 heavy (non-hydrogen) atoms. The van der Waals surface area contributed by atoms with Crippen molar-refractivity contribution in [2.45, 2.75) is 272 Å². The largest absolute Gasteiger partial charge is 0.465 e. The quantitative estimate of drug-likeness (QED) is 0.0371. The number of carbonyl (C=O) groups excluding carboxylic acids is 2. The molecule has 0 radical (unpaired) electrons. The first-order valence-corrected chi connectivity index (χ1v) is 27.4. The van der Waals surface area contributed by atoms with Gasteiger partial charge in [-0.3, -0.25) is 15.0 Å². The van der Waals surface area contributed by atoms with Crippen LogP contribution in [0.1, 0.15) is 272 Å². The van der Waals surface area contributed by atoms with Crippen LogP contribution in [0.25, 0.3) is 0 Å². The third-order valence-corrected chi connectivity index (χ3v) is 12.8. The molecule has 0 aromatic rings. The van der Waals surface area contributed by atoms with Crippen molar-refractivity contribution in [3.63, 3.8) is 0 Å². The second kappa shape index (κ2) is 48.3. The number of unbranched alkanes of at least 4 members (excludes halogenated alkanes) is 28. The lowest BCUT2D eigenvalue weighted by Gasteiger charge is -2.25. The topological polar surface area (TPSA) is 71.1 Å². The molecule has 0 aliphatic heterocycles. The second-order valence-corrected chi connectivity index (χ2v) is 19.2. The van der Waals surface area contributed by atoms with Gasteiger partial charge < -0.3 is 14.4 Å². The molecule has 0 amide bonds. The number of nitrogens with one attached hydrogen (secondary N) is 1. The maximum atomic E-state index is 12.9. The molecule has 7 nitrogen and oxygen atoms in total. The zero-order valence-electron chi connectivity index (χ0n) is 42.3. The Morgan fingerprint density at radius 2 is 0.689 bits per heavy atom. The van der Waals surface area contributed by atoms with E-state index in [2.05, 4.69) is 57.1 Å². The average Bonchev–Trinajstić information content (AvgIpc) is 3.25. The fourth-order valence-corrected chi connectivity index (χ4v) is 8.55. The Labute approximate surface area is 382 Å². The zero-order chi connectivity index (χ0) is 44.7. The Morgan fingerprint density at radius 1 is 0.377 bits per heavy atom. The molecule has 0 saturated carbocycles. The summed E-state index contributed by atoms with van der Waals surface area (Å²) in [7, 11) is 4.33. The van der Waals surface area contributed by atoms with Gasteiger partial charge in [0.15, 0.2) is 0 Å². The van der Waals surface area contributed by atoms with E-state index < -0.39 is 0 Å². The molecule has 0 fully saturated rings. The maximum Gasteiger partial charge on any atom is 0.308 e. The fraction of sp³-hybridized carbons (Fsp3) is 0.963. The van der Waals surface area contributed by atoms with Gasteiger partial charge in [0.1, 0.15) is 0 Å². The third kappa shape index (κ3) is 42.5. The van der Waals surface area contributed by atoms with Crippen molar-refractivity contribution in [2.24, 2.45) is 11.8 Å². The summed E-state index contributed by atoms with van der Waals surface area (Å²) in [6.07, 6.45) is 46.2. The molecule has 0 aliphatic carbocycles. The van der Waals surface area contributed by atoms with E-state index in [9.17, 15) is 9.59 Å². The minimum absolute atomic E-state index is 0.0786. The standard InChI is InChI=1S/C54H109N3O4/c1-7-11-15-19-27-35-43-51(41-33-17-13-9-3)53(58)60-49-39-31-25-21-23-29-37-45-55-57(48-47-56(5)6)46-38-30-24-22-26-32-40-50-61-54(59)52(42-34-18-14-10-4)44-36-28-20-16-12-8-2/h51-52,55H,7-50H2,1-6H3. The number of hydrazine groups is 1. The molecule has 0 saturated heterocycles. The predicted molar refractivity (Wildman–Crippen MR) is 265 cm³/mol. The summed E-state index contributed by atoms with van der Waals surface area (Å²) < 4.78 is 11.6. The predicted octanol–water partition coefficient (Wildman–Crippen LogP) is 15.6. The summed E-state index contributed by atoms with van der Waals surface area (Å²) in [5, 5.41) is 2.46. The second-order valence-electron chi connectivity index (χ2n) is 19.2. The van der Waals surface area contributed by atoms with Crippen LogP contribution in [-0.2, 0) is 19.1 Å². The molecule has 7 heteroatoms. The molecule has 0 bridgehead atoms. The summed E-state index contributed by atoms with van der Waals surface area (Å²) in [5.41, 5.74) is 3.75. The van der Waals surface area contributed by atoms with Gasteiger partial charge in [-0.1, -0.05) is 220 Å². The van der Waals surface area contributed by atoms with Crippen LogP contribution in [0.4, 0.5) is 0 Å². The molecule has 364 valence electrons. The van der Waals surface area contributed by atoms with Crippen molar-refractivity contribution in [1.29, 1.82) is 0 Å². The molecule has 0 rings (SSSR count). The lowest BCUT2D eigenvalue weighted by atomic mass is 9.94. The van der Waals surface area contributed by atoms with Gasteiger partial charge in [-0.05, 0) is 65.5 Å². The van der Waals surface area contributed by atoms with Crippen molar-refractivity contribution in [3.05, 3.63) is 0 Å². The van der Waals surface area contributed by atoms with E-state index in [0.29, 0.717) is 13.2 Å². The molecule has 0 aromatic heterocycles. The Hall–Kier alpha value is -1.18. The van der Waals surface area contributed by atoms with Crippen LogP contribution in [0.3, 0.4) is 0 Å². The summed E-state index contributed by atoms with van der Waals surface area (Å²) in [6, 6.07) is 0. The number of hydrogen-bond acceptors (Lipinski definition) is 7. The zero-order valence-corrected chi connectivity index (χ0v) is 42.3. The van der Waals surface area contributed by atoms with Crippen molar-refractivity contribution >= 4 is 11.9 Å². The smallest absolute Gasteiger partial charge is 0.308 e. The Bertz CT molecular complexity index is 902. The number of rotatable bonds is 50. The molecule has 2 unspecified atom stereocenters. The first-order valence-electron chi connectivity index (χ1n) is 27.4. The van der Waals surface area contributed by atoms with Gasteiger partial charge in [-0.25, -0.2) is 5.01 Å². The SMILES string of the molecule is CCCCCCCCC(CCCCCC)C(=O)OCCCCCCCCCNN(CCCCCCCCCOC(=O)C(CCCCCC)CCCCCCCC)CCN(C)C. The van der Waals surface area contributed by atoms with E-state index in [1.807, 2.05) is 0 Å². The van der Waals surface area contributed by atoms with Crippen molar-refractivity contribution in [3.8, 4) is 0 Å².